The number of hydrogen-bond donors (Lipinski definition) is 1. The molecule has 0 aromatic heterocycles. The summed E-state index contributed by atoms with van der Waals surface area (Å²) in [6, 6.07) is 2.82. The van der Waals surface area contributed by atoms with Gasteiger partial charge in [-0.25, -0.2) is 0 Å². The van der Waals surface area contributed by atoms with Crippen LogP contribution >= 0.6 is 11.8 Å². The van der Waals surface area contributed by atoms with Crippen LogP contribution in [-0.2, 0) is 20.3 Å². The van der Waals surface area contributed by atoms with Crippen LogP contribution in [0.25, 0.3) is 6.08 Å². The highest BCUT2D eigenvalue weighted by atomic mass is 32.2. The number of halogens is 3. The number of benzene rings is 1. The molecular weight excluding hydrogens is 380 g/mol. The minimum Gasteiger partial charge on any atom is -0.508 e. The topological polar surface area (TPSA) is 55.8 Å². The Bertz CT molecular complexity index is 743. The molecule has 0 radical (unpaired) electrons. The Hall–Kier alpha value is -1.45. The highest BCUT2D eigenvalue weighted by molar-refractivity contribution is 8.13. The van der Waals surface area contributed by atoms with Gasteiger partial charge in [-0.15, -0.1) is 0 Å². The molecule has 0 aliphatic carbocycles. The van der Waals surface area contributed by atoms with Crippen molar-refractivity contribution in [3.8, 4) is 5.75 Å². The fraction of sp³-hybridized carbons (Fsp3) is 0.500. The molecule has 0 amide bonds. The second-order valence-electron chi connectivity index (χ2n) is 7.40. The van der Waals surface area contributed by atoms with E-state index in [1.54, 1.807) is 0 Å². The fourth-order valence-corrected chi connectivity index (χ4v) is 3.04. The molecule has 1 N–H and O–H groups in total. The van der Waals surface area contributed by atoms with Crippen molar-refractivity contribution in [2.45, 2.75) is 52.0 Å². The van der Waals surface area contributed by atoms with Crippen molar-refractivity contribution in [3.05, 3.63) is 34.8 Å². The van der Waals surface area contributed by atoms with Gasteiger partial charge < -0.3 is 14.4 Å². The van der Waals surface area contributed by atoms with Gasteiger partial charge in [0.15, 0.2) is 5.12 Å². The Morgan fingerprint density at radius 1 is 1.19 bits per heavy atom. The van der Waals surface area contributed by atoms with E-state index in [9.17, 15) is 23.1 Å². The van der Waals surface area contributed by atoms with Gasteiger partial charge in [-0.1, -0.05) is 17.8 Å². The summed E-state index contributed by atoms with van der Waals surface area (Å²) in [6.07, 6.45) is -3.12. The fourth-order valence-electron chi connectivity index (χ4n) is 2.45. The van der Waals surface area contributed by atoms with E-state index in [4.69, 9.17) is 9.31 Å². The first-order valence-electron chi connectivity index (χ1n) is 8.32. The SMILES string of the molecule is CC(=O)SCC(=Cc1cc(O)cc(C(F)(F)F)c1)B1OC(C)(C)C(C)(C)O1. The van der Waals surface area contributed by atoms with E-state index >= 15 is 0 Å². The van der Waals surface area contributed by atoms with Gasteiger partial charge in [0.2, 0.25) is 0 Å². The van der Waals surface area contributed by atoms with Crippen LogP contribution in [0.3, 0.4) is 0 Å². The highest BCUT2D eigenvalue weighted by Gasteiger charge is 2.52. The Labute approximate surface area is 161 Å². The number of aromatic hydroxyl groups is 1. The minimum atomic E-state index is -4.58. The second-order valence-corrected chi connectivity index (χ2v) is 8.55. The average molecular weight is 402 g/mol. The number of phenols is 1. The van der Waals surface area contributed by atoms with Gasteiger partial charge in [0.05, 0.1) is 16.8 Å². The molecule has 0 unspecified atom stereocenters. The second kappa shape index (κ2) is 7.52. The third-order valence-corrected chi connectivity index (χ3v) is 5.50. The average Bonchev–Trinajstić information content (AvgIpc) is 2.70. The zero-order chi connectivity index (χ0) is 20.6. The monoisotopic (exact) mass is 402 g/mol. The quantitative estimate of drug-likeness (QED) is 0.740. The Morgan fingerprint density at radius 2 is 1.74 bits per heavy atom. The molecule has 1 aliphatic heterocycles. The smallest absolute Gasteiger partial charge is 0.491 e. The van der Waals surface area contributed by atoms with E-state index in [1.165, 1.54) is 19.1 Å². The molecule has 0 spiro atoms. The van der Waals surface area contributed by atoms with Crippen LogP contribution in [0.1, 0.15) is 45.7 Å². The number of hydrogen-bond acceptors (Lipinski definition) is 5. The molecule has 1 aliphatic rings. The molecule has 0 saturated carbocycles. The van der Waals surface area contributed by atoms with Crippen LogP contribution in [-0.4, -0.2) is 34.3 Å². The summed E-state index contributed by atoms with van der Waals surface area (Å²) in [5.41, 5.74) is -1.56. The van der Waals surface area contributed by atoms with Crippen molar-refractivity contribution in [2.75, 3.05) is 5.75 Å². The number of rotatable bonds is 4. The van der Waals surface area contributed by atoms with E-state index < -0.39 is 35.8 Å². The largest absolute Gasteiger partial charge is 0.508 e. The summed E-state index contributed by atoms with van der Waals surface area (Å²) >= 11 is 1.01. The predicted molar refractivity (Wildman–Crippen MR) is 100 cm³/mol. The van der Waals surface area contributed by atoms with E-state index in [2.05, 4.69) is 0 Å². The molecule has 0 atom stereocenters. The lowest BCUT2D eigenvalue weighted by molar-refractivity contribution is -0.137. The highest BCUT2D eigenvalue weighted by Crippen LogP contribution is 2.40. The summed E-state index contributed by atoms with van der Waals surface area (Å²) in [7, 11) is -0.807. The number of phenolic OH excluding ortho intramolecular Hbond substituents is 1. The van der Waals surface area contributed by atoms with Crippen molar-refractivity contribution >= 4 is 30.1 Å². The van der Waals surface area contributed by atoms with Crippen molar-refractivity contribution in [1.29, 1.82) is 0 Å². The third-order valence-electron chi connectivity index (χ3n) is 4.62. The maximum atomic E-state index is 13.0. The Kier molecular flexibility index (Phi) is 6.09. The summed E-state index contributed by atoms with van der Waals surface area (Å²) in [5, 5.41) is 9.53. The van der Waals surface area contributed by atoms with Gasteiger partial charge in [0, 0.05) is 12.7 Å². The molecule has 1 heterocycles. The van der Waals surface area contributed by atoms with Crippen molar-refractivity contribution in [3.63, 3.8) is 0 Å². The third kappa shape index (κ3) is 5.30. The molecular formula is C18H22BF3O4S. The van der Waals surface area contributed by atoms with Gasteiger partial charge in [-0.3, -0.25) is 4.79 Å². The van der Waals surface area contributed by atoms with Crippen molar-refractivity contribution < 1.29 is 32.4 Å². The lowest BCUT2D eigenvalue weighted by Gasteiger charge is -2.32. The first-order chi connectivity index (χ1) is 12.2. The van der Waals surface area contributed by atoms with Gasteiger partial charge in [-0.2, -0.15) is 13.2 Å². The van der Waals surface area contributed by atoms with Gasteiger partial charge in [0.1, 0.15) is 5.75 Å². The van der Waals surface area contributed by atoms with Gasteiger partial charge in [-0.05, 0) is 56.9 Å². The lowest BCUT2D eigenvalue weighted by Crippen LogP contribution is -2.41. The normalized spacial score (nSPS) is 19.4. The first-order valence-corrected chi connectivity index (χ1v) is 9.30. The van der Waals surface area contributed by atoms with Crippen LogP contribution in [0.4, 0.5) is 13.2 Å². The van der Waals surface area contributed by atoms with Crippen LogP contribution in [0.15, 0.2) is 23.7 Å². The van der Waals surface area contributed by atoms with Crippen LogP contribution in [0, 0.1) is 0 Å². The molecule has 1 aromatic rings. The standard InChI is InChI=1S/C18H22BF3O4S/c1-11(23)27-10-14(19-25-16(2,3)17(4,5)26-19)7-12-6-13(18(20,21)22)9-15(24)8-12/h6-9,24H,10H2,1-5H3. The number of carbonyl (C=O) groups is 1. The summed E-state index contributed by atoms with van der Waals surface area (Å²) < 4.78 is 51.0. The molecule has 0 bridgehead atoms. The van der Waals surface area contributed by atoms with Crippen LogP contribution < -0.4 is 0 Å². The molecule has 2 rings (SSSR count). The van der Waals surface area contributed by atoms with Crippen LogP contribution in [0.5, 0.6) is 5.75 Å². The number of carbonyl (C=O) groups excluding carboxylic acids is 1. The summed E-state index contributed by atoms with van der Waals surface area (Å²) in [5.74, 6) is -0.299. The van der Waals surface area contributed by atoms with E-state index in [1.807, 2.05) is 27.7 Å². The van der Waals surface area contributed by atoms with E-state index in [0.29, 0.717) is 11.5 Å². The van der Waals surface area contributed by atoms with E-state index in [-0.39, 0.29) is 16.4 Å². The molecule has 9 heteroatoms. The van der Waals surface area contributed by atoms with E-state index in [0.717, 1.165) is 17.8 Å². The molecule has 148 valence electrons. The van der Waals surface area contributed by atoms with Crippen LogP contribution in [0.2, 0.25) is 0 Å². The lowest BCUT2D eigenvalue weighted by atomic mass is 9.78. The maximum Gasteiger partial charge on any atom is 0.491 e. The molecule has 1 fully saturated rings. The zero-order valence-corrected chi connectivity index (χ0v) is 16.6. The maximum absolute atomic E-state index is 13.0. The zero-order valence-electron chi connectivity index (χ0n) is 15.8. The first kappa shape index (κ1) is 21.9. The van der Waals surface area contributed by atoms with Gasteiger partial charge in [0.25, 0.3) is 0 Å². The molecule has 1 saturated heterocycles. The van der Waals surface area contributed by atoms with Crippen molar-refractivity contribution in [2.24, 2.45) is 0 Å². The Morgan fingerprint density at radius 3 is 2.22 bits per heavy atom. The summed E-state index contributed by atoms with van der Waals surface area (Å²) in [4.78, 5) is 11.4. The Balaban J connectivity index is 2.43. The van der Waals surface area contributed by atoms with Crippen molar-refractivity contribution in [1.82, 2.24) is 0 Å². The summed E-state index contributed by atoms with van der Waals surface area (Å²) in [6.45, 7) is 8.85. The molecule has 1 aromatic carbocycles. The minimum absolute atomic E-state index is 0.135. The van der Waals surface area contributed by atoms with Gasteiger partial charge >= 0.3 is 13.3 Å². The predicted octanol–water partition coefficient (Wildman–Crippen LogP) is 4.71. The molecule has 27 heavy (non-hydrogen) atoms. The molecule has 4 nitrogen and oxygen atoms in total. The number of alkyl halides is 3. The number of thioether (sulfide) groups is 1.